The fourth-order valence-corrected chi connectivity index (χ4v) is 1.88. The molecule has 0 saturated carbocycles. The van der Waals surface area contributed by atoms with Gasteiger partial charge in [0.1, 0.15) is 0 Å². The molecule has 2 amide bonds. The van der Waals surface area contributed by atoms with Crippen LogP contribution < -0.4 is 5.32 Å². The van der Waals surface area contributed by atoms with E-state index in [4.69, 9.17) is 5.11 Å². The molecule has 0 aliphatic carbocycles. The predicted molar refractivity (Wildman–Crippen MR) is 79.0 cm³/mol. The fourth-order valence-electron chi connectivity index (χ4n) is 1.88. The van der Waals surface area contributed by atoms with E-state index >= 15 is 0 Å². The minimum atomic E-state index is -0.907. The van der Waals surface area contributed by atoms with Gasteiger partial charge in [0, 0.05) is 18.3 Å². The largest absolute Gasteiger partial charge is 0.481 e. The standard InChI is InChI=1S/C15H22N2O3/c1-10(2)17(9-8-14(18)19)15(20)16-13-7-5-6-11(3)12(13)4/h5-7,10H,8-9H2,1-4H3,(H,16,20)(H,18,19). The second kappa shape index (κ2) is 6.93. The van der Waals surface area contributed by atoms with Crippen molar-refractivity contribution < 1.29 is 14.7 Å². The normalized spacial score (nSPS) is 10.4. The van der Waals surface area contributed by atoms with Crippen LogP contribution >= 0.6 is 0 Å². The Bertz CT molecular complexity index is 498. The van der Waals surface area contributed by atoms with Gasteiger partial charge in [-0.3, -0.25) is 4.79 Å². The maximum Gasteiger partial charge on any atom is 0.322 e. The van der Waals surface area contributed by atoms with E-state index in [0.29, 0.717) is 0 Å². The quantitative estimate of drug-likeness (QED) is 0.869. The van der Waals surface area contributed by atoms with Gasteiger partial charge in [0.15, 0.2) is 0 Å². The summed E-state index contributed by atoms with van der Waals surface area (Å²) in [6, 6.07) is 5.38. The van der Waals surface area contributed by atoms with Gasteiger partial charge in [-0.1, -0.05) is 12.1 Å². The number of benzene rings is 1. The first kappa shape index (κ1) is 16.0. The Balaban J connectivity index is 2.80. The van der Waals surface area contributed by atoms with E-state index in [1.807, 2.05) is 45.9 Å². The van der Waals surface area contributed by atoms with E-state index in [1.54, 1.807) is 0 Å². The Kier molecular flexibility index (Phi) is 5.55. The van der Waals surface area contributed by atoms with E-state index < -0.39 is 5.97 Å². The van der Waals surface area contributed by atoms with Crippen LogP contribution in [0.25, 0.3) is 0 Å². The summed E-state index contributed by atoms with van der Waals surface area (Å²) in [5.74, 6) is -0.907. The van der Waals surface area contributed by atoms with E-state index in [9.17, 15) is 9.59 Å². The van der Waals surface area contributed by atoms with Crippen molar-refractivity contribution in [2.45, 2.75) is 40.2 Å². The third kappa shape index (κ3) is 4.26. The maximum absolute atomic E-state index is 12.3. The molecule has 2 N–H and O–H groups in total. The van der Waals surface area contributed by atoms with Crippen molar-refractivity contribution >= 4 is 17.7 Å². The Hall–Kier alpha value is -2.04. The molecule has 0 bridgehead atoms. The van der Waals surface area contributed by atoms with Crippen molar-refractivity contribution in [1.82, 2.24) is 4.90 Å². The summed E-state index contributed by atoms with van der Waals surface area (Å²) in [7, 11) is 0. The number of aliphatic carboxylic acids is 1. The van der Waals surface area contributed by atoms with E-state index in [0.717, 1.165) is 16.8 Å². The zero-order chi connectivity index (χ0) is 15.3. The monoisotopic (exact) mass is 278 g/mol. The number of rotatable bonds is 5. The molecule has 0 atom stereocenters. The molecular formula is C15H22N2O3. The molecule has 5 heteroatoms. The molecule has 110 valence electrons. The molecule has 0 spiro atoms. The van der Waals surface area contributed by atoms with Gasteiger partial charge in [-0.15, -0.1) is 0 Å². The van der Waals surface area contributed by atoms with Gasteiger partial charge in [0.05, 0.1) is 6.42 Å². The molecule has 20 heavy (non-hydrogen) atoms. The third-order valence-electron chi connectivity index (χ3n) is 3.30. The molecule has 0 heterocycles. The van der Waals surface area contributed by atoms with Crippen LogP contribution in [0, 0.1) is 13.8 Å². The lowest BCUT2D eigenvalue weighted by Gasteiger charge is -2.26. The second-order valence-corrected chi connectivity index (χ2v) is 5.11. The smallest absolute Gasteiger partial charge is 0.322 e. The van der Waals surface area contributed by atoms with Gasteiger partial charge >= 0.3 is 12.0 Å². The van der Waals surface area contributed by atoms with Crippen molar-refractivity contribution in [2.24, 2.45) is 0 Å². The number of carbonyl (C=O) groups is 2. The third-order valence-corrected chi connectivity index (χ3v) is 3.30. The number of nitrogens with zero attached hydrogens (tertiary/aromatic N) is 1. The average molecular weight is 278 g/mol. The Morgan fingerprint density at radius 2 is 1.95 bits per heavy atom. The molecule has 0 saturated heterocycles. The van der Waals surface area contributed by atoms with Crippen LogP contribution in [0.3, 0.4) is 0 Å². The number of hydrogen-bond acceptors (Lipinski definition) is 2. The minimum Gasteiger partial charge on any atom is -0.481 e. The molecule has 1 aromatic carbocycles. The lowest BCUT2D eigenvalue weighted by Crippen LogP contribution is -2.41. The number of amides is 2. The topological polar surface area (TPSA) is 69.6 Å². The van der Waals surface area contributed by atoms with Crippen LogP contribution in [0.2, 0.25) is 0 Å². The van der Waals surface area contributed by atoms with E-state index in [-0.39, 0.29) is 25.0 Å². The summed E-state index contributed by atoms with van der Waals surface area (Å²) in [5, 5.41) is 11.6. The predicted octanol–water partition coefficient (Wildman–Crippen LogP) is 3.02. The number of carboxylic acid groups (broad SMARTS) is 1. The Morgan fingerprint density at radius 3 is 2.50 bits per heavy atom. The van der Waals surface area contributed by atoms with Gasteiger partial charge in [-0.2, -0.15) is 0 Å². The van der Waals surface area contributed by atoms with Crippen LogP contribution in [0.15, 0.2) is 18.2 Å². The molecule has 1 aromatic rings. The number of urea groups is 1. The lowest BCUT2D eigenvalue weighted by molar-refractivity contribution is -0.137. The molecule has 1 rings (SSSR count). The fraction of sp³-hybridized carbons (Fsp3) is 0.467. The van der Waals surface area contributed by atoms with Gasteiger partial charge in [-0.05, 0) is 44.9 Å². The summed E-state index contributed by atoms with van der Waals surface area (Å²) in [6.07, 6.45) is -0.0571. The molecule has 0 fully saturated rings. The highest BCUT2D eigenvalue weighted by Gasteiger charge is 2.18. The first-order valence-corrected chi connectivity index (χ1v) is 6.68. The van der Waals surface area contributed by atoms with Crippen molar-refractivity contribution in [3.05, 3.63) is 29.3 Å². The molecular weight excluding hydrogens is 256 g/mol. The summed E-state index contributed by atoms with van der Waals surface area (Å²) in [6.45, 7) is 7.86. The zero-order valence-electron chi connectivity index (χ0n) is 12.4. The van der Waals surface area contributed by atoms with E-state index in [1.165, 1.54) is 4.90 Å². The summed E-state index contributed by atoms with van der Waals surface area (Å²) in [5.41, 5.74) is 2.88. The summed E-state index contributed by atoms with van der Waals surface area (Å²) in [4.78, 5) is 24.4. The lowest BCUT2D eigenvalue weighted by atomic mass is 10.1. The first-order chi connectivity index (χ1) is 9.32. The molecule has 0 aliphatic rings. The number of nitrogens with one attached hydrogen (secondary N) is 1. The van der Waals surface area contributed by atoms with Crippen LogP contribution in [0.1, 0.15) is 31.4 Å². The highest BCUT2D eigenvalue weighted by molar-refractivity contribution is 5.90. The number of carbonyl (C=O) groups excluding carboxylic acids is 1. The van der Waals surface area contributed by atoms with Crippen molar-refractivity contribution in [3.8, 4) is 0 Å². The van der Waals surface area contributed by atoms with Crippen molar-refractivity contribution in [3.63, 3.8) is 0 Å². The number of carboxylic acids is 1. The summed E-state index contributed by atoms with van der Waals surface area (Å²) >= 11 is 0. The first-order valence-electron chi connectivity index (χ1n) is 6.68. The van der Waals surface area contributed by atoms with Gasteiger partial charge in [0.25, 0.3) is 0 Å². The number of anilines is 1. The van der Waals surface area contributed by atoms with Gasteiger partial charge in [-0.25, -0.2) is 4.79 Å². The minimum absolute atomic E-state index is 0.0561. The van der Waals surface area contributed by atoms with E-state index in [2.05, 4.69) is 5.32 Å². The van der Waals surface area contributed by atoms with Crippen LogP contribution in [-0.2, 0) is 4.79 Å². The highest BCUT2D eigenvalue weighted by atomic mass is 16.4. The number of hydrogen-bond donors (Lipinski definition) is 2. The molecule has 0 aliphatic heterocycles. The zero-order valence-corrected chi connectivity index (χ0v) is 12.4. The van der Waals surface area contributed by atoms with Crippen molar-refractivity contribution in [1.29, 1.82) is 0 Å². The maximum atomic E-state index is 12.3. The highest BCUT2D eigenvalue weighted by Crippen LogP contribution is 2.18. The van der Waals surface area contributed by atoms with Crippen LogP contribution in [0.5, 0.6) is 0 Å². The molecule has 0 aromatic heterocycles. The Labute approximate surface area is 119 Å². The van der Waals surface area contributed by atoms with Crippen LogP contribution in [0.4, 0.5) is 10.5 Å². The molecule has 5 nitrogen and oxygen atoms in total. The van der Waals surface area contributed by atoms with Crippen molar-refractivity contribution in [2.75, 3.05) is 11.9 Å². The van der Waals surface area contributed by atoms with Crippen LogP contribution in [-0.4, -0.2) is 34.6 Å². The SMILES string of the molecule is Cc1cccc(NC(=O)N(CCC(=O)O)C(C)C)c1C. The van der Waals surface area contributed by atoms with Gasteiger partial charge < -0.3 is 15.3 Å². The van der Waals surface area contributed by atoms with Gasteiger partial charge in [0.2, 0.25) is 0 Å². The second-order valence-electron chi connectivity index (χ2n) is 5.11. The molecule has 0 radical (unpaired) electrons. The number of aryl methyl sites for hydroxylation is 1. The molecule has 0 unspecified atom stereocenters. The summed E-state index contributed by atoms with van der Waals surface area (Å²) < 4.78 is 0. The average Bonchev–Trinajstić information content (AvgIpc) is 2.34. The Morgan fingerprint density at radius 1 is 1.30 bits per heavy atom.